The number of aromatic nitrogens is 1. The van der Waals surface area contributed by atoms with E-state index in [0.29, 0.717) is 23.4 Å². The molecule has 0 bridgehead atoms. The molecule has 3 unspecified atom stereocenters. The summed E-state index contributed by atoms with van der Waals surface area (Å²) in [5.74, 6) is 1.02. The van der Waals surface area contributed by atoms with Crippen molar-refractivity contribution in [2.45, 2.75) is 31.9 Å². The van der Waals surface area contributed by atoms with E-state index in [1.807, 2.05) is 4.90 Å². The van der Waals surface area contributed by atoms with Gasteiger partial charge in [0.15, 0.2) is 17.8 Å². The van der Waals surface area contributed by atoms with Crippen LogP contribution in [0.3, 0.4) is 0 Å². The van der Waals surface area contributed by atoms with E-state index in [4.69, 9.17) is 9.15 Å². The van der Waals surface area contributed by atoms with Crippen LogP contribution in [-0.2, 0) is 4.74 Å². The number of oxazole rings is 1. The number of likely N-dealkylation sites (tertiary alicyclic amines) is 1. The quantitative estimate of drug-likeness (QED) is 0.846. The van der Waals surface area contributed by atoms with Gasteiger partial charge in [0.05, 0.1) is 0 Å². The van der Waals surface area contributed by atoms with E-state index in [2.05, 4.69) is 30.9 Å². The van der Waals surface area contributed by atoms with Gasteiger partial charge >= 0.3 is 0 Å². The molecule has 0 aromatic carbocycles. The van der Waals surface area contributed by atoms with Crippen LogP contribution >= 0.6 is 0 Å². The molecule has 3 atom stereocenters. The first-order chi connectivity index (χ1) is 10.1. The summed E-state index contributed by atoms with van der Waals surface area (Å²) in [6, 6.07) is 0.395. The van der Waals surface area contributed by atoms with E-state index < -0.39 is 0 Å². The van der Waals surface area contributed by atoms with Crippen LogP contribution in [0, 0.1) is 5.92 Å². The molecule has 1 amide bonds. The zero-order valence-corrected chi connectivity index (χ0v) is 12.9. The van der Waals surface area contributed by atoms with Gasteiger partial charge in [-0.05, 0) is 32.9 Å². The van der Waals surface area contributed by atoms with Crippen molar-refractivity contribution < 1.29 is 13.9 Å². The predicted molar refractivity (Wildman–Crippen MR) is 77.0 cm³/mol. The number of hydrogen-bond donors (Lipinski definition) is 0. The smallest absolute Gasteiger partial charge is 0.276 e. The van der Waals surface area contributed by atoms with Gasteiger partial charge in [-0.3, -0.25) is 4.79 Å². The van der Waals surface area contributed by atoms with Crippen LogP contribution in [0.4, 0.5) is 0 Å². The highest BCUT2D eigenvalue weighted by Gasteiger charge is 2.37. The third kappa shape index (κ3) is 2.70. The minimum Gasteiger partial charge on any atom is -0.445 e. The average molecular weight is 293 g/mol. The number of nitrogens with zero attached hydrogens (tertiary/aromatic N) is 3. The fourth-order valence-corrected chi connectivity index (χ4v) is 3.37. The molecule has 21 heavy (non-hydrogen) atoms. The second-order valence-corrected chi connectivity index (χ2v) is 6.29. The first-order valence-corrected chi connectivity index (χ1v) is 7.58. The Kier molecular flexibility index (Phi) is 3.99. The maximum absolute atomic E-state index is 12.7. The van der Waals surface area contributed by atoms with Crippen molar-refractivity contribution in [3.05, 3.63) is 17.8 Å². The second kappa shape index (κ2) is 5.77. The fourth-order valence-electron chi connectivity index (χ4n) is 3.37. The molecule has 0 radical (unpaired) electrons. The molecule has 1 aromatic rings. The van der Waals surface area contributed by atoms with Crippen LogP contribution in [0.25, 0.3) is 0 Å². The lowest BCUT2D eigenvalue weighted by molar-refractivity contribution is 0.0737. The van der Waals surface area contributed by atoms with E-state index >= 15 is 0 Å². The summed E-state index contributed by atoms with van der Waals surface area (Å²) in [7, 11) is 4.12. The lowest BCUT2D eigenvalue weighted by atomic mass is 10.1. The molecule has 2 fully saturated rings. The Morgan fingerprint density at radius 1 is 1.43 bits per heavy atom. The van der Waals surface area contributed by atoms with Crippen molar-refractivity contribution in [1.29, 1.82) is 0 Å². The Labute approximate surface area is 125 Å². The van der Waals surface area contributed by atoms with Gasteiger partial charge in [-0.25, -0.2) is 4.98 Å². The Hall–Kier alpha value is -1.40. The highest BCUT2D eigenvalue weighted by molar-refractivity contribution is 5.93. The van der Waals surface area contributed by atoms with Crippen molar-refractivity contribution in [3.8, 4) is 0 Å². The monoisotopic (exact) mass is 293 g/mol. The molecule has 2 saturated heterocycles. The normalized spacial score (nSPS) is 29.5. The number of carbonyl (C=O) groups is 1. The van der Waals surface area contributed by atoms with Gasteiger partial charge in [0.1, 0.15) is 6.10 Å². The molecule has 1 aromatic heterocycles. The number of rotatable bonds is 3. The topological polar surface area (TPSA) is 58.8 Å². The average Bonchev–Trinajstić information content (AvgIpc) is 3.17. The molecule has 3 rings (SSSR count). The molecule has 3 heterocycles. The van der Waals surface area contributed by atoms with Crippen molar-refractivity contribution in [3.63, 3.8) is 0 Å². The fraction of sp³-hybridized carbons (Fsp3) is 0.733. The largest absolute Gasteiger partial charge is 0.445 e. The summed E-state index contributed by atoms with van der Waals surface area (Å²) < 4.78 is 11.1. The predicted octanol–water partition coefficient (Wildman–Crippen LogP) is 1.55. The Morgan fingerprint density at radius 3 is 2.86 bits per heavy atom. The summed E-state index contributed by atoms with van der Waals surface area (Å²) in [6.45, 7) is 4.41. The van der Waals surface area contributed by atoms with Crippen LogP contribution in [0.15, 0.2) is 10.8 Å². The zero-order chi connectivity index (χ0) is 15.0. The number of likely N-dealkylation sites (N-methyl/N-ethyl adjacent to an activating group) is 1. The lowest BCUT2D eigenvalue weighted by Gasteiger charge is -2.22. The van der Waals surface area contributed by atoms with Crippen LogP contribution < -0.4 is 0 Å². The molecule has 6 heteroatoms. The third-order valence-corrected chi connectivity index (χ3v) is 4.54. The number of amides is 1. The Morgan fingerprint density at radius 2 is 2.24 bits per heavy atom. The molecular formula is C15H23N3O3. The van der Waals surface area contributed by atoms with Crippen molar-refractivity contribution in [1.82, 2.24) is 14.8 Å². The molecule has 6 nitrogen and oxygen atoms in total. The van der Waals surface area contributed by atoms with Gasteiger partial charge in [-0.2, -0.15) is 0 Å². The Balaban J connectivity index is 1.76. The van der Waals surface area contributed by atoms with Gasteiger partial charge in [0.25, 0.3) is 5.91 Å². The van der Waals surface area contributed by atoms with Crippen LogP contribution in [-0.4, -0.2) is 60.5 Å². The first kappa shape index (κ1) is 14.5. The van der Waals surface area contributed by atoms with Crippen LogP contribution in [0.1, 0.15) is 42.1 Å². The maximum atomic E-state index is 12.7. The molecular weight excluding hydrogens is 270 g/mol. The molecule has 116 valence electrons. The molecule has 2 aliphatic rings. The van der Waals surface area contributed by atoms with E-state index in [9.17, 15) is 4.79 Å². The highest BCUT2D eigenvalue weighted by atomic mass is 16.5. The first-order valence-electron chi connectivity index (χ1n) is 7.58. The van der Waals surface area contributed by atoms with E-state index in [1.165, 1.54) is 6.39 Å². The second-order valence-electron chi connectivity index (χ2n) is 6.29. The van der Waals surface area contributed by atoms with Gasteiger partial charge in [-0.15, -0.1) is 0 Å². The van der Waals surface area contributed by atoms with Crippen molar-refractivity contribution in [2.75, 3.05) is 33.8 Å². The van der Waals surface area contributed by atoms with E-state index in [0.717, 1.165) is 32.5 Å². The summed E-state index contributed by atoms with van der Waals surface area (Å²) in [4.78, 5) is 20.9. The summed E-state index contributed by atoms with van der Waals surface area (Å²) in [5.41, 5.74) is 0.425. The van der Waals surface area contributed by atoms with Crippen LogP contribution in [0.5, 0.6) is 0 Å². The van der Waals surface area contributed by atoms with Gasteiger partial charge in [0.2, 0.25) is 0 Å². The maximum Gasteiger partial charge on any atom is 0.276 e. The van der Waals surface area contributed by atoms with Crippen LogP contribution in [0.2, 0.25) is 0 Å². The SMILES string of the molecule is CC1CN(C(=O)c2ncoc2C2CCCO2)CC1N(C)C. The van der Waals surface area contributed by atoms with Gasteiger partial charge < -0.3 is 19.0 Å². The zero-order valence-electron chi connectivity index (χ0n) is 12.9. The number of ether oxygens (including phenoxy) is 1. The summed E-state index contributed by atoms with van der Waals surface area (Å²) in [5, 5.41) is 0. The van der Waals surface area contributed by atoms with Crippen molar-refractivity contribution >= 4 is 5.91 Å². The molecule has 2 aliphatic heterocycles. The lowest BCUT2D eigenvalue weighted by Crippen LogP contribution is -2.36. The summed E-state index contributed by atoms with van der Waals surface area (Å²) in [6.07, 6.45) is 3.14. The third-order valence-electron chi connectivity index (χ3n) is 4.54. The standard InChI is InChI=1S/C15H23N3O3/c1-10-7-18(8-11(10)17(2)3)15(19)13-14(21-9-16-13)12-5-4-6-20-12/h9-12H,4-8H2,1-3H3. The summed E-state index contributed by atoms with van der Waals surface area (Å²) >= 11 is 0. The van der Waals surface area contributed by atoms with E-state index in [1.54, 1.807) is 0 Å². The van der Waals surface area contributed by atoms with Crippen molar-refractivity contribution in [2.24, 2.45) is 5.92 Å². The Bertz CT molecular complexity index is 508. The highest BCUT2D eigenvalue weighted by Crippen LogP contribution is 2.31. The van der Waals surface area contributed by atoms with E-state index in [-0.39, 0.29) is 12.0 Å². The number of carbonyl (C=O) groups excluding carboxylic acids is 1. The molecule has 0 spiro atoms. The minimum absolute atomic E-state index is 0.0366. The van der Waals surface area contributed by atoms with Gasteiger partial charge in [-0.1, -0.05) is 6.92 Å². The van der Waals surface area contributed by atoms with Gasteiger partial charge in [0, 0.05) is 25.7 Å². The molecule has 0 saturated carbocycles. The number of hydrogen-bond acceptors (Lipinski definition) is 5. The molecule has 0 N–H and O–H groups in total. The minimum atomic E-state index is -0.115. The molecule has 0 aliphatic carbocycles.